The highest BCUT2D eigenvalue weighted by atomic mass is 19.3. The Labute approximate surface area is 195 Å². The van der Waals surface area contributed by atoms with Crippen LogP contribution in [0.25, 0.3) is 0 Å². The van der Waals surface area contributed by atoms with Crippen LogP contribution in [0.3, 0.4) is 0 Å². The molecule has 1 aliphatic heterocycles. The SMILES string of the molecule is Nc1nc(=O)n([C@H]2O[C@@H](COC(=O)c3ccccc3)[C@H](OC(=O)c3ccccc3)C2(F)F)cc1F. The van der Waals surface area contributed by atoms with Crippen molar-refractivity contribution in [2.24, 2.45) is 0 Å². The number of benzene rings is 2. The smallest absolute Gasteiger partial charge is 0.352 e. The van der Waals surface area contributed by atoms with Crippen molar-refractivity contribution in [2.45, 2.75) is 24.4 Å². The van der Waals surface area contributed by atoms with Crippen LogP contribution in [-0.2, 0) is 14.2 Å². The first-order valence-corrected chi connectivity index (χ1v) is 10.2. The van der Waals surface area contributed by atoms with E-state index in [0.29, 0.717) is 6.20 Å². The number of hydrogen-bond donors (Lipinski definition) is 1. The van der Waals surface area contributed by atoms with Crippen molar-refractivity contribution < 1.29 is 37.0 Å². The molecule has 3 aromatic rings. The van der Waals surface area contributed by atoms with E-state index < -0.39 is 60.2 Å². The minimum Gasteiger partial charge on any atom is -0.459 e. The number of aromatic nitrogens is 2. The maximum Gasteiger partial charge on any atom is 0.352 e. The maximum absolute atomic E-state index is 15.5. The molecule has 182 valence electrons. The lowest BCUT2D eigenvalue weighted by atomic mass is 10.1. The molecule has 0 saturated carbocycles. The molecule has 9 nitrogen and oxygen atoms in total. The van der Waals surface area contributed by atoms with Gasteiger partial charge in [0.05, 0.1) is 17.3 Å². The van der Waals surface area contributed by atoms with Gasteiger partial charge in [-0.3, -0.25) is 4.57 Å². The fourth-order valence-corrected chi connectivity index (χ4v) is 3.45. The zero-order valence-corrected chi connectivity index (χ0v) is 17.8. The number of carbonyl (C=O) groups is 2. The van der Waals surface area contributed by atoms with E-state index in [1.165, 1.54) is 36.4 Å². The number of nitrogens with two attached hydrogens (primary N) is 1. The predicted molar refractivity (Wildman–Crippen MR) is 114 cm³/mol. The molecule has 0 unspecified atom stereocenters. The third-order valence-electron chi connectivity index (χ3n) is 5.17. The molecule has 4 rings (SSSR count). The van der Waals surface area contributed by atoms with Crippen LogP contribution in [0.15, 0.2) is 71.7 Å². The first-order chi connectivity index (χ1) is 16.7. The number of anilines is 1. The lowest BCUT2D eigenvalue weighted by Crippen LogP contribution is -2.45. The fraction of sp³-hybridized carbons (Fsp3) is 0.217. The van der Waals surface area contributed by atoms with Gasteiger partial charge in [0.25, 0.3) is 0 Å². The molecule has 3 atom stereocenters. The van der Waals surface area contributed by atoms with Crippen molar-refractivity contribution in [1.29, 1.82) is 0 Å². The third kappa shape index (κ3) is 4.87. The van der Waals surface area contributed by atoms with Crippen LogP contribution in [0.2, 0.25) is 0 Å². The second-order valence-corrected chi connectivity index (χ2v) is 7.52. The Morgan fingerprint density at radius 2 is 1.60 bits per heavy atom. The Hall–Kier alpha value is -4.19. The van der Waals surface area contributed by atoms with Gasteiger partial charge in [0.2, 0.25) is 6.23 Å². The summed E-state index contributed by atoms with van der Waals surface area (Å²) < 4.78 is 60.5. The van der Waals surface area contributed by atoms with Gasteiger partial charge >= 0.3 is 23.6 Å². The standard InChI is InChI=1S/C23H18F3N3O6/c24-15-11-29(22(32)28-18(15)27)21-23(25,26)17(35-20(31)14-9-5-2-6-10-14)16(34-21)12-33-19(30)13-7-3-1-4-8-13/h1-11,16-17,21H,12H2,(H2,27,28,32)/t16-,17-,21-/m0/s1. The number of nitrogen functional groups attached to an aromatic ring is 1. The predicted octanol–water partition coefficient (Wildman–Crippen LogP) is 2.58. The quantitative estimate of drug-likeness (QED) is 0.525. The van der Waals surface area contributed by atoms with E-state index in [1.54, 1.807) is 24.3 Å². The van der Waals surface area contributed by atoms with Gasteiger partial charge in [-0.2, -0.15) is 13.8 Å². The average molecular weight is 489 g/mol. The van der Waals surface area contributed by atoms with Crippen LogP contribution < -0.4 is 11.4 Å². The number of nitrogens with zero attached hydrogens (tertiary/aromatic N) is 2. The molecule has 0 bridgehead atoms. The number of alkyl halides is 2. The Kier molecular flexibility index (Phi) is 6.56. The van der Waals surface area contributed by atoms with E-state index in [2.05, 4.69) is 4.98 Å². The zero-order chi connectivity index (χ0) is 25.2. The van der Waals surface area contributed by atoms with E-state index in [4.69, 9.17) is 19.9 Å². The molecular weight excluding hydrogens is 471 g/mol. The summed E-state index contributed by atoms with van der Waals surface area (Å²) in [6.07, 6.45) is -6.01. The summed E-state index contributed by atoms with van der Waals surface area (Å²) in [6.45, 7) is -0.758. The zero-order valence-electron chi connectivity index (χ0n) is 17.8. The average Bonchev–Trinajstić information content (AvgIpc) is 3.10. The summed E-state index contributed by atoms with van der Waals surface area (Å²) >= 11 is 0. The molecule has 1 fully saturated rings. The molecule has 0 radical (unpaired) electrons. The molecule has 35 heavy (non-hydrogen) atoms. The van der Waals surface area contributed by atoms with Crippen molar-refractivity contribution in [3.63, 3.8) is 0 Å². The van der Waals surface area contributed by atoms with Crippen LogP contribution in [0.5, 0.6) is 0 Å². The van der Waals surface area contributed by atoms with Gasteiger partial charge in [-0.25, -0.2) is 18.8 Å². The number of ether oxygens (including phenoxy) is 3. The van der Waals surface area contributed by atoms with Gasteiger partial charge in [0, 0.05) is 0 Å². The van der Waals surface area contributed by atoms with Gasteiger partial charge in [-0.05, 0) is 24.3 Å². The van der Waals surface area contributed by atoms with Crippen LogP contribution in [-0.4, -0.2) is 46.2 Å². The van der Waals surface area contributed by atoms with Gasteiger partial charge in [-0.1, -0.05) is 36.4 Å². The molecule has 12 heteroatoms. The number of hydrogen-bond acceptors (Lipinski definition) is 8. The highest BCUT2D eigenvalue weighted by molar-refractivity contribution is 5.90. The topological polar surface area (TPSA) is 123 Å². The fourth-order valence-electron chi connectivity index (χ4n) is 3.45. The number of esters is 2. The van der Waals surface area contributed by atoms with Crippen molar-refractivity contribution >= 4 is 17.8 Å². The van der Waals surface area contributed by atoms with Crippen molar-refractivity contribution in [2.75, 3.05) is 12.3 Å². The Bertz CT molecular complexity index is 1290. The summed E-state index contributed by atoms with van der Waals surface area (Å²) in [7, 11) is 0. The molecule has 0 spiro atoms. The Morgan fingerprint density at radius 3 is 2.20 bits per heavy atom. The van der Waals surface area contributed by atoms with Gasteiger partial charge in [0.15, 0.2) is 17.7 Å². The van der Waals surface area contributed by atoms with Crippen LogP contribution in [0.1, 0.15) is 26.9 Å². The molecule has 2 heterocycles. The number of halogens is 3. The lowest BCUT2D eigenvalue weighted by Gasteiger charge is -2.24. The summed E-state index contributed by atoms with van der Waals surface area (Å²) in [5, 5.41) is 0. The highest BCUT2D eigenvalue weighted by Gasteiger charge is 2.63. The molecular formula is C23H18F3N3O6. The van der Waals surface area contributed by atoms with Crippen LogP contribution >= 0.6 is 0 Å². The van der Waals surface area contributed by atoms with Crippen LogP contribution in [0, 0.1) is 5.82 Å². The van der Waals surface area contributed by atoms with Crippen molar-refractivity contribution in [3.05, 3.63) is 94.3 Å². The number of carbonyl (C=O) groups excluding carboxylic acids is 2. The summed E-state index contributed by atoms with van der Waals surface area (Å²) in [5.74, 6) is -8.02. The Morgan fingerprint density at radius 1 is 1.03 bits per heavy atom. The lowest BCUT2D eigenvalue weighted by molar-refractivity contribution is -0.143. The van der Waals surface area contributed by atoms with Gasteiger partial charge in [0.1, 0.15) is 12.7 Å². The molecule has 1 aromatic heterocycles. The maximum atomic E-state index is 15.5. The van der Waals surface area contributed by atoms with Crippen molar-refractivity contribution in [3.8, 4) is 0 Å². The normalized spacial score (nSPS) is 20.8. The monoisotopic (exact) mass is 489 g/mol. The molecule has 0 aliphatic carbocycles. The highest BCUT2D eigenvalue weighted by Crippen LogP contribution is 2.44. The van der Waals surface area contributed by atoms with Gasteiger partial charge < -0.3 is 19.9 Å². The Balaban J connectivity index is 1.63. The summed E-state index contributed by atoms with van der Waals surface area (Å²) in [5.41, 5.74) is 4.03. The van der Waals surface area contributed by atoms with E-state index in [1.807, 2.05) is 0 Å². The first-order valence-electron chi connectivity index (χ1n) is 10.2. The van der Waals surface area contributed by atoms with E-state index >= 15 is 8.78 Å². The number of rotatable bonds is 6. The summed E-state index contributed by atoms with van der Waals surface area (Å²) in [6, 6.07) is 15.0. The minimum atomic E-state index is -4.05. The first kappa shape index (κ1) is 24.0. The van der Waals surface area contributed by atoms with Crippen molar-refractivity contribution in [1.82, 2.24) is 9.55 Å². The van der Waals surface area contributed by atoms with E-state index in [0.717, 1.165) is 0 Å². The van der Waals surface area contributed by atoms with Crippen LogP contribution in [0.4, 0.5) is 19.0 Å². The van der Waals surface area contributed by atoms with Gasteiger partial charge in [-0.15, -0.1) is 0 Å². The molecule has 2 N–H and O–H groups in total. The largest absolute Gasteiger partial charge is 0.459 e. The molecule has 1 aliphatic rings. The second kappa shape index (κ2) is 9.58. The second-order valence-electron chi connectivity index (χ2n) is 7.52. The third-order valence-corrected chi connectivity index (χ3v) is 5.17. The van der Waals surface area contributed by atoms with E-state index in [-0.39, 0.29) is 15.7 Å². The van der Waals surface area contributed by atoms with E-state index in [9.17, 15) is 18.8 Å². The minimum absolute atomic E-state index is 0.0239. The summed E-state index contributed by atoms with van der Waals surface area (Å²) in [4.78, 5) is 40.2. The molecule has 1 saturated heterocycles. The molecule has 0 amide bonds. The molecule has 2 aromatic carbocycles.